The molecule has 0 spiro atoms. The summed E-state index contributed by atoms with van der Waals surface area (Å²) in [7, 11) is -4.22. The molecule has 1 aliphatic carbocycles. The van der Waals surface area contributed by atoms with E-state index >= 15 is 4.39 Å². The van der Waals surface area contributed by atoms with Crippen molar-refractivity contribution in [2.24, 2.45) is 17.1 Å². The van der Waals surface area contributed by atoms with Crippen molar-refractivity contribution in [1.29, 1.82) is 0 Å². The number of hydrogen-bond acceptors (Lipinski definition) is 11. The zero-order valence-electron chi connectivity index (χ0n) is 27.6. The van der Waals surface area contributed by atoms with E-state index in [-0.39, 0.29) is 30.3 Å². The number of halogens is 2. The molecule has 4 aromatic rings. The molecule has 1 saturated heterocycles. The van der Waals surface area contributed by atoms with Gasteiger partial charge in [0.25, 0.3) is 0 Å². The SMILES string of the molecule is CC(C)OC(=O)[C@H](C)NP(=O)(OC[C@H]1OC2(F)C([C@@H]2n2cnc3c(NCc4ccccc4)nc(Cl)nc32)C1(C)CCN)Oc1ccccc1. The van der Waals surface area contributed by atoms with Crippen LogP contribution in [-0.2, 0) is 29.9 Å². The number of alkyl halides is 1. The maximum absolute atomic E-state index is 16.8. The molecule has 0 amide bonds. The Bertz CT molecular complexity index is 1840. The Labute approximate surface area is 288 Å². The van der Waals surface area contributed by atoms with E-state index in [1.54, 1.807) is 48.7 Å². The minimum Gasteiger partial charge on any atom is -0.462 e. The number of hydrogen-bond donors (Lipinski definition) is 3. The van der Waals surface area contributed by atoms with Crippen LogP contribution < -0.4 is 20.7 Å². The fourth-order valence-corrected chi connectivity index (χ4v) is 8.18. The first-order chi connectivity index (χ1) is 23.4. The van der Waals surface area contributed by atoms with E-state index in [4.69, 9.17) is 35.9 Å². The van der Waals surface area contributed by atoms with Gasteiger partial charge >= 0.3 is 13.7 Å². The minimum atomic E-state index is -4.22. The first kappa shape index (κ1) is 35.2. The van der Waals surface area contributed by atoms with E-state index in [2.05, 4.69) is 25.4 Å². The molecule has 262 valence electrons. The van der Waals surface area contributed by atoms with Crippen LogP contribution in [0.25, 0.3) is 11.2 Å². The molecule has 2 aliphatic rings. The van der Waals surface area contributed by atoms with Crippen molar-refractivity contribution in [3.8, 4) is 5.75 Å². The van der Waals surface area contributed by atoms with Gasteiger partial charge in [0.05, 0.1) is 31.1 Å². The lowest BCUT2D eigenvalue weighted by Gasteiger charge is -2.34. The van der Waals surface area contributed by atoms with Crippen LogP contribution in [0, 0.1) is 11.3 Å². The molecule has 2 fully saturated rings. The number of nitrogens with one attached hydrogen (secondary N) is 2. The number of ether oxygens (including phenoxy) is 2. The number of carbonyl (C=O) groups excluding carboxylic acids is 1. The normalized spacial score (nSPS) is 26.2. The monoisotopic (exact) mass is 715 g/mol. The summed E-state index contributed by atoms with van der Waals surface area (Å²) in [6.07, 6.45) is 0.623. The summed E-state index contributed by atoms with van der Waals surface area (Å²) in [5.41, 5.74) is 7.00. The predicted molar refractivity (Wildman–Crippen MR) is 182 cm³/mol. The number of rotatable bonds is 15. The summed E-state index contributed by atoms with van der Waals surface area (Å²) in [5.74, 6) is -2.78. The van der Waals surface area contributed by atoms with Gasteiger partial charge in [-0.2, -0.15) is 15.1 Å². The molecule has 2 aromatic heterocycles. The number of para-hydroxylation sites is 1. The summed E-state index contributed by atoms with van der Waals surface area (Å²) < 4.78 is 55.6. The molecule has 7 atom stereocenters. The average molecular weight is 716 g/mol. The van der Waals surface area contributed by atoms with Crippen LogP contribution in [0.15, 0.2) is 67.0 Å². The molecule has 1 aliphatic heterocycles. The van der Waals surface area contributed by atoms with Crippen molar-refractivity contribution in [2.75, 3.05) is 18.5 Å². The Morgan fingerprint density at radius 2 is 1.84 bits per heavy atom. The summed E-state index contributed by atoms with van der Waals surface area (Å²) in [6, 6.07) is 16.3. The highest BCUT2D eigenvalue weighted by Crippen LogP contribution is 2.73. The van der Waals surface area contributed by atoms with Crippen LogP contribution in [0.4, 0.5) is 10.2 Å². The second kappa shape index (κ2) is 13.9. The highest BCUT2D eigenvalue weighted by Gasteiger charge is 2.82. The Morgan fingerprint density at radius 3 is 2.51 bits per heavy atom. The molecule has 3 heterocycles. The molecule has 4 unspecified atom stereocenters. The standard InChI is InChI=1S/C33H40ClFN7O6P/c1-20(2)46-30(43)21(3)41-49(44,48-23-13-9-6-10-14-23)45-18-24-32(4,15-16-36)26-27(33(26,35)47-24)42-19-38-25-28(39-31(34)40-29(25)42)37-17-22-11-7-5-8-12-22/h5-14,19-21,24,26-27H,15-18,36H2,1-4H3,(H,41,44)(H,37,39,40)/t21-,24+,26?,27-,32?,33?,49?/m0/s1. The summed E-state index contributed by atoms with van der Waals surface area (Å²) in [4.78, 5) is 25.8. The van der Waals surface area contributed by atoms with Gasteiger partial charge in [0.1, 0.15) is 17.8 Å². The maximum Gasteiger partial charge on any atom is 0.459 e. The summed E-state index contributed by atoms with van der Waals surface area (Å²) >= 11 is 6.33. The highest BCUT2D eigenvalue weighted by atomic mass is 35.5. The van der Waals surface area contributed by atoms with Crippen molar-refractivity contribution in [1.82, 2.24) is 24.6 Å². The van der Waals surface area contributed by atoms with E-state index in [0.717, 1.165) is 5.56 Å². The number of imidazole rings is 1. The molecule has 2 aromatic carbocycles. The first-order valence-electron chi connectivity index (χ1n) is 16.1. The number of carbonyl (C=O) groups is 1. The van der Waals surface area contributed by atoms with Crippen molar-refractivity contribution >= 4 is 42.3 Å². The van der Waals surface area contributed by atoms with Crippen LogP contribution in [0.2, 0.25) is 5.28 Å². The molecule has 13 nitrogen and oxygen atoms in total. The molecule has 0 radical (unpaired) electrons. The zero-order valence-corrected chi connectivity index (χ0v) is 29.2. The van der Waals surface area contributed by atoms with Gasteiger partial charge in [0.2, 0.25) is 11.1 Å². The zero-order chi connectivity index (χ0) is 35.0. The Kier molecular flexibility index (Phi) is 10.0. The summed E-state index contributed by atoms with van der Waals surface area (Å²) in [5, 5.41) is 5.90. The maximum atomic E-state index is 16.8. The molecule has 49 heavy (non-hydrogen) atoms. The fourth-order valence-electron chi connectivity index (χ4n) is 6.52. The number of nitrogens with two attached hydrogens (primary N) is 1. The van der Waals surface area contributed by atoms with E-state index in [0.29, 0.717) is 29.9 Å². The molecular weight excluding hydrogens is 676 g/mol. The summed E-state index contributed by atoms with van der Waals surface area (Å²) in [6.45, 7) is 7.16. The fraction of sp³-hybridized carbons (Fsp3) is 0.455. The predicted octanol–water partition coefficient (Wildman–Crippen LogP) is 5.82. The second-order valence-corrected chi connectivity index (χ2v) is 14.8. The molecule has 16 heteroatoms. The van der Waals surface area contributed by atoms with Crippen LogP contribution in [0.1, 0.15) is 45.7 Å². The van der Waals surface area contributed by atoms with Gasteiger partial charge in [0.15, 0.2) is 17.0 Å². The second-order valence-electron chi connectivity index (χ2n) is 12.8. The average Bonchev–Trinajstić information content (AvgIpc) is 3.33. The van der Waals surface area contributed by atoms with Gasteiger partial charge in [-0.15, -0.1) is 0 Å². The quantitative estimate of drug-likeness (QED) is 0.0769. The van der Waals surface area contributed by atoms with E-state index in [9.17, 15) is 9.36 Å². The lowest BCUT2D eigenvalue weighted by atomic mass is 9.77. The third-order valence-electron chi connectivity index (χ3n) is 8.90. The smallest absolute Gasteiger partial charge is 0.459 e. The van der Waals surface area contributed by atoms with Gasteiger partial charge in [-0.1, -0.05) is 55.5 Å². The number of aromatic nitrogens is 4. The van der Waals surface area contributed by atoms with Crippen molar-refractivity contribution < 1.29 is 32.3 Å². The molecule has 6 rings (SSSR count). The highest BCUT2D eigenvalue weighted by molar-refractivity contribution is 7.52. The van der Waals surface area contributed by atoms with Crippen molar-refractivity contribution in [3.05, 3.63) is 77.8 Å². The third kappa shape index (κ3) is 7.17. The van der Waals surface area contributed by atoms with E-state index < -0.39 is 49.1 Å². The van der Waals surface area contributed by atoms with E-state index in [1.165, 1.54) is 13.3 Å². The molecule has 1 saturated carbocycles. The van der Waals surface area contributed by atoms with Crippen LogP contribution in [0.3, 0.4) is 0 Å². The topological polar surface area (TPSA) is 165 Å². The largest absolute Gasteiger partial charge is 0.462 e. The number of benzene rings is 2. The van der Waals surface area contributed by atoms with Gasteiger partial charge in [0, 0.05) is 12.0 Å². The van der Waals surface area contributed by atoms with Gasteiger partial charge < -0.3 is 29.6 Å². The van der Waals surface area contributed by atoms with Gasteiger partial charge in [-0.3, -0.25) is 9.32 Å². The Balaban J connectivity index is 1.22. The van der Waals surface area contributed by atoms with Crippen LogP contribution in [0.5, 0.6) is 5.75 Å². The first-order valence-corrected chi connectivity index (χ1v) is 18.0. The van der Waals surface area contributed by atoms with Crippen LogP contribution in [-0.4, -0.2) is 62.7 Å². The lowest BCUT2D eigenvalue weighted by molar-refractivity contribution is -0.149. The molecular formula is C33H40ClFN7O6P. The van der Waals surface area contributed by atoms with Gasteiger partial charge in [-0.25, -0.2) is 13.9 Å². The Morgan fingerprint density at radius 1 is 1.14 bits per heavy atom. The number of nitrogens with zero attached hydrogens (tertiary/aromatic N) is 4. The van der Waals surface area contributed by atoms with Crippen LogP contribution >= 0.6 is 19.3 Å². The number of esters is 1. The van der Waals surface area contributed by atoms with E-state index in [1.807, 2.05) is 37.3 Å². The van der Waals surface area contributed by atoms with Crippen molar-refractivity contribution in [2.45, 2.75) is 70.8 Å². The van der Waals surface area contributed by atoms with Crippen molar-refractivity contribution in [3.63, 3.8) is 0 Å². The lowest BCUT2D eigenvalue weighted by Crippen LogP contribution is -2.41. The Hall–Kier alpha value is -3.65. The number of fused-ring (bicyclic) bond motifs is 2. The number of anilines is 1. The molecule has 0 bridgehead atoms. The third-order valence-corrected chi connectivity index (χ3v) is 10.7. The minimum absolute atomic E-state index is 0.0198. The van der Waals surface area contributed by atoms with Gasteiger partial charge in [-0.05, 0) is 63.0 Å². The molecule has 4 N–H and O–H groups in total.